The van der Waals surface area contributed by atoms with E-state index in [1.165, 1.54) is 27.8 Å². The van der Waals surface area contributed by atoms with E-state index in [9.17, 15) is 0 Å². The van der Waals surface area contributed by atoms with Crippen LogP contribution in [0.1, 0.15) is 58.4 Å². The highest BCUT2D eigenvalue weighted by Crippen LogP contribution is 2.35. The molecule has 1 N–H and O–H groups in total. The highest BCUT2D eigenvalue weighted by atomic mass is 16.3. The molecule has 0 spiro atoms. The van der Waals surface area contributed by atoms with Gasteiger partial charge in [0.2, 0.25) is 5.89 Å². The second-order valence-corrected chi connectivity index (χ2v) is 10.4. The van der Waals surface area contributed by atoms with Gasteiger partial charge in [0.05, 0.1) is 17.2 Å². The van der Waals surface area contributed by atoms with Gasteiger partial charge >= 0.3 is 0 Å². The molecule has 8 nitrogen and oxygen atoms in total. The summed E-state index contributed by atoms with van der Waals surface area (Å²) in [6.45, 7) is 5.05. The number of nitrogens with one attached hydrogen (secondary N) is 1. The maximum atomic E-state index is 5.62. The van der Waals surface area contributed by atoms with Crippen molar-refractivity contribution in [3.05, 3.63) is 112 Å². The van der Waals surface area contributed by atoms with Gasteiger partial charge in [0.15, 0.2) is 5.82 Å². The minimum Gasteiger partial charge on any atom is -0.445 e. The number of hydrogen-bond donors (Lipinski definition) is 1. The van der Waals surface area contributed by atoms with Crippen LogP contribution in [0.3, 0.4) is 0 Å². The fourth-order valence-corrected chi connectivity index (χ4v) is 5.85. The molecule has 0 fully saturated rings. The average Bonchev–Trinajstić information content (AvgIpc) is 3.73. The van der Waals surface area contributed by atoms with Crippen LogP contribution in [0, 0.1) is 6.92 Å². The Morgan fingerprint density at radius 1 is 1.02 bits per heavy atom. The van der Waals surface area contributed by atoms with E-state index < -0.39 is 0 Å². The third-order valence-electron chi connectivity index (χ3n) is 7.69. The van der Waals surface area contributed by atoms with Crippen molar-refractivity contribution in [1.29, 1.82) is 0 Å². The lowest BCUT2D eigenvalue weighted by atomic mass is 9.92. The van der Waals surface area contributed by atoms with Crippen LogP contribution in [0.25, 0.3) is 34.1 Å². The molecule has 0 radical (unpaired) electrons. The number of rotatable bonds is 6. The molecule has 0 amide bonds. The van der Waals surface area contributed by atoms with Crippen LogP contribution in [-0.4, -0.2) is 35.2 Å². The first kappa shape index (κ1) is 24.2. The summed E-state index contributed by atoms with van der Waals surface area (Å²) >= 11 is 0. The normalized spacial score (nSPS) is 13.9. The molecule has 40 heavy (non-hydrogen) atoms. The number of aromatic nitrogens is 7. The Kier molecular flexibility index (Phi) is 6.07. The number of tetrazole rings is 1. The van der Waals surface area contributed by atoms with E-state index in [4.69, 9.17) is 9.40 Å². The van der Waals surface area contributed by atoms with Gasteiger partial charge in [0.25, 0.3) is 0 Å². The SMILES string of the molecule is CCCc1nc2c(C)cc(-c3ncco3)cc2n1Cc1ccc2c(c1)CCc1ccccc1C2=Cc1nnn[nH]1. The van der Waals surface area contributed by atoms with Crippen LogP contribution >= 0.6 is 0 Å². The maximum Gasteiger partial charge on any atom is 0.225 e. The molecule has 1 aliphatic carbocycles. The number of nitrogens with zero attached hydrogens (tertiary/aromatic N) is 6. The molecule has 0 atom stereocenters. The summed E-state index contributed by atoms with van der Waals surface area (Å²) in [5, 5.41) is 14.6. The molecule has 0 saturated heterocycles. The molecular formula is C32H29N7O. The maximum absolute atomic E-state index is 5.62. The lowest BCUT2D eigenvalue weighted by molar-refractivity contribution is 0.574. The lowest BCUT2D eigenvalue weighted by Gasteiger charge is -2.15. The van der Waals surface area contributed by atoms with E-state index in [-0.39, 0.29) is 0 Å². The molecule has 0 bridgehead atoms. The zero-order valence-electron chi connectivity index (χ0n) is 22.6. The Balaban J connectivity index is 1.33. The Morgan fingerprint density at radius 2 is 1.90 bits per heavy atom. The highest BCUT2D eigenvalue weighted by molar-refractivity contribution is 5.93. The minimum absolute atomic E-state index is 0.626. The monoisotopic (exact) mass is 527 g/mol. The number of imidazole rings is 1. The van der Waals surface area contributed by atoms with Crippen LogP contribution in [0.2, 0.25) is 0 Å². The number of benzene rings is 3. The highest BCUT2D eigenvalue weighted by Gasteiger charge is 2.20. The minimum atomic E-state index is 0.626. The molecule has 1 aliphatic rings. The van der Waals surface area contributed by atoms with Crippen LogP contribution in [0.15, 0.2) is 71.5 Å². The van der Waals surface area contributed by atoms with Gasteiger partial charge in [0.1, 0.15) is 12.1 Å². The smallest absolute Gasteiger partial charge is 0.225 e. The van der Waals surface area contributed by atoms with Gasteiger partial charge in [-0.2, -0.15) is 0 Å². The molecule has 3 aromatic heterocycles. The van der Waals surface area contributed by atoms with E-state index in [1.807, 2.05) is 0 Å². The molecule has 6 aromatic rings. The van der Waals surface area contributed by atoms with Crippen LogP contribution in [0.4, 0.5) is 0 Å². The number of H-pyrrole nitrogens is 1. The van der Waals surface area contributed by atoms with E-state index in [1.54, 1.807) is 12.5 Å². The molecule has 8 heteroatoms. The van der Waals surface area contributed by atoms with Crippen molar-refractivity contribution < 1.29 is 4.42 Å². The van der Waals surface area contributed by atoms with Crippen LogP contribution < -0.4 is 0 Å². The largest absolute Gasteiger partial charge is 0.445 e. The first-order valence-electron chi connectivity index (χ1n) is 13.7. The van der Waals surface area contributed by atoms with Crippen molar-refractivity contribution in [2.75, 3.05) is 0 Å². The Labute approximate surface area is 231 Å². The van der Waals surface area contributed by atoms with Gasteiger partial charge < -0.3 is 8.98 Å². The summed E-state index contributed by atoms with van der Waals surface area (Å²) in [5.41, 5.74) is 11.7. The van der Waals surface area contributed by atoms with Gasteiger partial charge in [-0.15, -0.1) is 5.10 Å². The first-order chi connectivity index (χ1) is 19.7. The predicted molar refractivity (Wildman–Crippen MR) is 155 cm³/mol. The van der Waals surface area contributed by atoms with E-state index in [0.29, 0.717) is 11.7 Å². The summed E-state index contributed by atoms with van der Waals surface area (Å²) in [5.74, 6) is 2.37. The lowest BCUT2D eigenvalue weighted by Crippen LogP contribution is -2.06. The number of hydrogen-bond acceptors (Lipinski definition) is 6. The van der Waals surface area contributed by atoms with Crippen LogP contribution in [-0.2, 0) is 25.8 Å². The standard InChI is InChI=1S/C32H29N7O/c1-3-6-30-34-31-20(2)15-24(32-33-13-14-40-32)17-28(31)39(30)19-21-9-12-26-23(16-21)11-10-22-7-4-5-8-25(22)27(26)18-29-35-37-38-36-29/h4-5,7-9,12-18H,3,6,10-11,19H2,1-2H3,(H,35,36,37,38). The molecular weight excluding hydrogens is 498 g/mol. The quantitative estimate of drug-likeness (QED) is 0.277. The Morgan fingerprint density at radius 3 is 2.73 bits per heavy atom. The zero-order chi connectivity index (χ0) is 27.1. The summed E-state index contributed by atoms with van der Waals surface area (Å²) in [6, 6.07) is 19.7. The van der Waals surface area contributed by atoms with Gasteiger partial charge in [-0.1, -0.05) is 49.4 Å². The van der Waals surface area contributed by atoms with Crippen LogP contribution in [0.5, 0.6) is 0 Å². The summed E-state index contributed by atoms with van der Waals surface area (Å²) in [7, 11) is 0. The second-order valence-electron chi connectivity index (χ2n) is 10.4. The second kappa shape index (κ2) is 10.0. The fraction of sp³-hybridized carbons (Fsp3) is 0.219. The first-order valence-corrected chi connectivity index (χ1v) is 13.7. The van der Waals surface area contributed by atoms with Crippen molar-refractivity contribution in [1.82, 2.24) is 35.2 Å². The zero-order valence-corrected chi connectivity index (χ0v) is 22.6. The molecule has 3 aromatic carbocycles. The number of fused-ring (bicyclic) bond motifs is 3. The number of aromatic amines is 1. The number of oxazole rings is 1. The topological polar surface area (TPSA) is 98.3 Å². The van der Waals surface area contributed by atoms with Crippen molar-refractivity contribution >= 4 is 22.7 Å². The van der Waals surface area contributed by atoms with Gasteiger partial charge in [0, 0.05) is 18.5 Å². The van der Waals surface area contributed by atoms with E-state index in [2.05, 4.69) is 105 Å². The van der Waals surface area contributed by atoms with E-state index in [0.717, 1.165) is 65.8 Å². The fourth-order valence-electron chi connectivity index (χ4n) is 5.85. The van der Waals surface area contributed by atoms with Gasteiger partial charge in [-0.25, -0.2) is 15.1 Å². The molecule has 3 heterocycles. The molecule has 0 aliphatic heterocycles. The predicted octanol–water partition coefficient (Wildman–Crippen LogP) is 6.20. The van der Waals surface area contributed by atoms with Gasteiger partial charge in [-0.3, -0.25) is 0 Å². The molecule has 0 unspecified atom stereocenters. The number of aryl methyl sites for hydroxylation is 4. The van der Waals surface area contributed by atoms with E-state index >= 15 is 0 Å². The summed E-state index contributed by atoms with van der Waals surface area (Å²) in [4.78, 5) is 9.47. The summed E-state index contributed by atoms with van der Waals surface area (Å²) < 4.78 is 7.99. The average molecular weight is 528 g/mol. The molecule has 7 rings (SSSR count). The molecule has 0 saturated carbocycles. The van der Waals surface area contributed by atoms with Crippen molar-refractivity contribution in [3.63, 3.8) is 0 Å². The molecule has 198 valence electrons. The van der Waals surface area contributed by atoms with Gasteiger partial charge in [-0.05, 0) is 93.8 Å². The Hall–Kier alpha value is -4.85. The van der Waals surface area contributed by atoms with Crippen molar-refractivity contribution in [2.45, 2.75) is 46.1 Å². The van der Waals surface area contributed by atoms with Crippen molar-refractivity contribution in [3.8, 4) is 11.5 Å². The third-order valence-corrected chi connectivity index (χ3v) is 7.69. The third kappa shape index (κ3) is 4.31. The Bertz CT molecular complexity index is 1850. The summed E-state index contributed by atoms with van der Waals surface area (Å²) in [6.07, 6.45) is 9.24. The van der Waals surface area contributed by atoms with Crippen molar-refractivity contribution in [2.24, 2.45) is 0 Å².